The number of hydrogen-bond donors (Lipinski definition) is 3. The van der Waals surface area contributed by atoms with Crippen LogP contribution in [-0.2, 0) is 9.59 Å². The number of nitrogens with one attached hydrogen (secondary N) is 1. The Morgan fingerprint density at radius 2 is 1.64 bits per heavy atom. The first-order valence-electron chi connectivity index (χ1n) is 4.21. The molecular weight excluding hydrogens is 206 g/mol. The molecule has 5 nitrogen and oxygen atoms in total. The van der Waals surface area contributed by atoms with Crippen LogP contribution in [0.2, 0.25) is 0 Å². The molecule has 0 rings (SSSR count). The first kappa shape index (κ1) is 15.7. The predicted molar refractivity (Wildman–Crippen MR) is 56.9 cm³/mol. The van der Waals surface area contributed by atoms with Crippen LogP contribution in [0.15, 0.2) is 0 Å². The van der Waals surface area contributed by atoms with Crippen molar-refractivity contribution in [2.24, 2.45) is 17.4 Å². The highest BCUT2D eigenvalue weighted by atomic mass is 35.5. The van der Waals surface area contributed by atoms with Crippen molar-refractivity contribution in [3.05, 3.63) is 0 Å². The summed E-state index contributed by atoms with van der Waals surface area (Å²) < 4.78 is 0. The Kier molecular flexibility index (Phi) is 7.40. The maximum Gasteiger partial charge on any atom is 0.240 e. The number of nitrogens with two attached hydrogens (primary N) is 2. The van der Waals surface area contributed by atoms with Gasteiger partial charge in [0.1, 0.15) is 6.04 Å². The van der Waals surface area contributed by atoms with Crippen LogP contribution in [0.5, 0.6) is 0 Å². The van der Waals surface area contributed by atoms with E-state index < -0.39 is 18.0 Å². The Morgan fingerprint density at radius 3 is 1.86 bits per heavy atom. The average Bonchev–Trinajstić information content (AvgIpc) is 1.97. The molecule has 14 heavy (non-hydrogen) atoms. The lowest BCUT2D eigenvalue weighted by molar-refractivity contribution is -0.128. The molecule has 0 heterocycles. The third kappa shape index (κ3) is 5.04. The number of primary amides is 1. The number of halogens is 1. The topological polar surface area (TPSA) is 98.2 Å². The molecule has 0 aliphatic rings. The van der Waals surface area contributed by atoms with Crippen LogP contribution in [-0.4, -0.2) is 23.9 Å². The third-order valence-electron chi connectivity index (χ3n) is 1.68. The highest BCUT2D eigenvalue weighted by Gasteiger charge is 2.22. The smallest absolute Gasteiger partial charge is 0.240 e. The number of hydrogen-bond acceptors (Lipinski definition) is 3. The van der Waals surface area contributed by atoms with Crippen LogP contribution >= 0.6 is 12.4 Å². The van der Waals surface area contributed by atoms with Crippen molar-refractivity contribution in [2.45, 2.75) is 32.9 Å². The number of rotatable bonds is 4. The molecule has 0 aromatic rings. The molecule has 84 valence electrons. The molecule has 0 aromatic heterocycles. The number of amides is 2. The molecule has 0 aliphatic heterocycles. The van der Waals surface area contributed by atoms with Gasteiger partial charge >= 0.3 is 0 Å². The summed E-state index contributed by atoms with van der Waals surface area (Å²) in [5, 5.41) is 2.48. The number of carbonyl (C=O) groups is 2. The van der Waals surface area contributed by atoms with E-state index in [4.69, 9.17) is 11.5 Å². The number of carbonyl (C=O) groups excluding carboxylic acids is 2. The van der Waals surface area contributed by atoms with Crippen molar-refractivity contribution in [3.63, 3.8) is 0 Å². The average molecular weight is 224 g/mol. The van der Waals surface area contributed by atoms with Crippen molar-refractivity contribution in [3.8, 4) is 0 Å². The van der Waals surface area contributed by atoms with E-state index in [1.807, 2.05) is 0 Å². The molecule has 0 bridgehead atoms. The fourth-order valence-electron chi connectivity index (χ4n) is 0.851. The minimum atomic E-state index is -0.640. The van der Waals surface area contributed by atoms with Crippen molar-refractivity contribution < 1.29 is 9.59 Å². The van der Waals surface area contributed by atoms with Gasteiger partial charge in [-0.25, -0.2) is 0 Å². The van der Waals surface area contributed by atoms with Crippen LogP contribution < -0.4 is 16.8 Å². The molecule has 2 atom stereocenters. The fraction of sp³-hybridized carbons (Fsp3) is 0.750. The quantitative estimate of drug-likeness (QED) is 0.593. The van der Waals surface area contributed by atoms with Gasteiger partial charge in [-0.3, -0.25) is 9.59 Å². The maximum absolute atomic E-state index is 11.1. The molecule has 0 unspecified atom stereocenters. The zero-order chi connectivity index (χ0) is 10.6. The lowest BCUT2D eigenvalue weighted by atomic mass is 10.0. The molecular formula is C8H18ClN3O2. The molecule has 6 heteroatoms. The van der Waals surface area contributed by atoms with Crippen molar-refractivity contribution in [2.75, 3.05) is 0 Å². The largest absolute Gasteiger partial charge is 0.368 e. The van der Waals surface area contributed by atoms with Crippen LogP contribution in [0.4, 0.5) is 0 Å². The molecule has 2 amide bonds. The SMILES string of the molecule is CC(C)[C@H](NC(=O)[C@H](C)N)C(N)=O.Cl. The van der Waals surface area contributed by atoms with Gasteiger partial charge in [-0.1, -0.05) is 13.8 Å². The van der Waals surface area contributed by atoms with Gasteiger partial charge in [0.25, 0.3) is 0 Å². The normalized spacial score (nSPS) is 14.1. The standard InChI is InChI=1S/C8H17N3O2.ClH/c1-4(2)6(7(10)12)11-8(13)5(3)9;/h4-6H,9H2,1-3H3,(H2,10,12)(H,11,13);1H/t5-,6-;/m0./s1. The molecule has 0 fully saturated rings. The van der Waals surface area contributed by atoms with Crippen LogP contribution in [0, 0.1) is 5.92 Å². The minimum Gasteiger partial charge on any atom is -0.368 e. The van der Waals surface area contributed by atoms with E-state index in [1.165, 1.54) is 0 Å². The summed E-state index contributed by atoms with van der Waals surface area (Å²) in [6.07, 6.45) is 0. The first-order valence-corrected chi connectivity index (χ1v) is 4.21. The summed E-state index contributed by atoms with van der Waals surface area (Å²) in [5.41, 5.74) is 10.4. The highest BCUT2D eigenvalue weighted by Crippen LogP contribution is 2.00. The van der Waals surface area contributed by atoms with Gasteiger partial charge in [-0.15, -0.1) is 12.4 Å². The molecule has 5 N–H and O–H groups in total. The Morgan fingerprint density at radius 1 is 1.21 bits per heavy atom. The van der Waals surface area contributed by atoms with E-state index in [1.54, 1.807) is 20.8 Å². The van der Waals surface area contributed by atoms with Crippen LogP contribution in [0.1, 0.15) is 20.8 Å². The fourth-order valence-corrected chi connectivity index (χ4v) is 0.851. The molecule has 0 radical (unpaired) electrons. The van der Waals surface area contributed by atoms with Gasteiger partial charge in [-0.05, 0) is 12.8 Å². The maximum atomic E-state index is 11.1. The van der Waals surface area contributed by atoms with Gasteiger partial charge in [0, 0.05) is 0 Å². The van der Waals surface area contributed by atoms with Crippen molar-refractivity contribution >= 4 is 24.2 Å². The molecule has 0 spiro atoms. The zero-order valence-corrected chi connectivity index (χ0v) is 9.43. The van der Waals surface area contributed by atoms with E-state index >= 15 is 0 Å². The van der Waals surface area contributed by atoms with Gasteiger partial charge in [0.2, 0.25) is 11.8 Å². The first-order chi connectivity index (χ1) is 5.86. The Bertz CT molecular complexity index is 207. The Labute approximate surface area is 90.0 Å². The van der Waals surface area contributed by atoms with Crippen LogP contribution in [0.3, 0.4) is 0 Å². The minimum absolute atomic E-state index is 0. The molecule has 0 saturated carbocycles. The Hall–Kier alpha value is -0.810. The molecule has 0 saturated heterocycles. The van der Waals surface area contributed by atoms with E-state index in [0.717, 1.165) is 0 Å². The Balaban J connectivity index is 0. The second-order valence-electron chi connectivity index (χ2n) is 3.42. The van der Waals surface area contributed by atoms with E-state index in [9.17, 15) is 9.59 Å². The summed E-state index contributed by atoms with van der Waals surface area (Å²) in [7, 11) is 0. The van der Waals surface area contributed by atoms with E-state index in [0.29, 0.717) is 0 Å². The van der Waals surface area contributed by atoms with Gasteiger partial charge in [0.05, 0.1) is 6.04 Å². The second-order valence-corrected chi connectivity index (χ2v) is 3.42. The second kappa shape index (κ2) is 6.62. The summed E-state index contributed by atoms with van der Waals surface area (Å²) in [6, 6.07) is -1.26. The van der Waals surface area contributed by atoms with Crippen molar-refractivity contribution in [1.29, 1.82) is 0 Å². The highest BCUT2D eigenvalue weighted by molar-refractivity contribution is 5.88. The molecule has 0 aromatic carbocycles. The van der Waals surface area contributed by atoms with E-state index in [2.05, 4.69) is 5.32 Å². The van der Waals surface area contributed by atoms with E-state index in [-0.39, 0.29) is 24.2 Å². The summed E-state index contributed by atoms with van der Waals surface area (Å²) in [6.45, 7) is 5.15. The summed E-state index contributed by atoms with van der Waals surface area (Å²) in [5.74, 6) is -0.929. The van der Waals surface area contributed by atoms with Gasteiger partial charge in [-0.2, -0.15) is 0 Å². The predicted octanol–water partition coefficient (Wildman–Crippen LogP) is -0.618. The zero-order valence-electron chi connectivity index (χ0n) is 8.61. The summed E-state index contributed by atoms with van der Waals surface area (Å²) >= 11 is 0. The van der Waals surface area contributed by atoms with Gasteiger partial charge in [0.15, 0.2) is 0 Å². The lowest BCUT2D eigenvalue weighted by Gasteiger charge is -2.19. The lowest BCUT2D eigenvalue weighted by Crippen LogP contribution is -2.51. The molecule has 0 aliphatic carbocycles. The van der Waals surface area contributed by atoms with Crippen molar-refractivity contribution in [1.82, 2.24) is 5.32 Å². The van der Waals surface area contributed by atoms with Gasteiger partial charge < -0.3 is 16.8 Å². The third-order valence-corrected chi connectivity index (χ3v) is 1.68. The summed E-state index contributed by atoms with van der Waals surface area (Å²) in [4.78, 5) is 22.0. The van der Waals surface area contributed by atoms with Crippen LogP contribution in [0.25, 0.3) is 0 Å². The monoisotopic (exact) mass is 223 g/mol.